The highest BCUT2D eigenvalue weighted by Gasteiger charge is 2.16. The van der Waals surface area contributed by atoms with E-state index in [2.05, 4.69) is 9.97 Å². The monoisotopic (exact) mass is 242 g/mol. The first-order valence-electron chi connectivity index (χ1n) is 4.47. The molecule has 1 N–H and O–H groups in total. The van der Waals surface area contributed by atoms with Crippen LogP contribution in [-0.4, -0.2) is 17.1 Å². The summed E-state index contributed by atoms with van der Waals surface area (Å²) in [6, 6.07) is 1.49. The van der Waals surface area contributed by atoms with Gasteiger partial charge in [-0.05, 0) is 13.0 Å². The van der Waals surface area contributed by atoms with Crippen molar-refractivity contribution in [2.45, 2.75) is 6.92 Å². The summed E-state index contributed by atoms with van der Waals surface area (Å²) in [7, 11) is 1.34. The van der Waals surface area contributed by atoms with Gasteiger partial charge in [-0.25, -0.2) is 4.39 Å². The predicted molar refractivity (Wildman–Crippen MR) is 58.6 cm³/mol. The van der Waals surface area contributed by atoms with Crippen molar-refractivity contribution < 1.29 is 9.13 Å². The number of ether oxygens (including phenoxy) is 1. The highest BCUT2D eigenvalue weighted by Crippen LogP contribution is 2.27. The number of halogens is 2. The maximum atomic E-state index is 13.7. The molecule has 0 saturated carbocycles. The van der Waals surface area contributed by atoms with Crippen LogP contribution in [-0.2, 0) is 0 Å². The number of aromatic nitrogens is 2. The van der Waals surface area contributed by atoms with E-state index in [0.29, 0.717) is 5.69 Å². The molecule has 0 unspecified atom stereocenters. The number of aromatic amines is 1. The Hall–Kier alpha value is -1.62. The quantitative estimate of drug-likeness (QED) is 0.779. The second kappa shape index (κ2) is 3.75. The number of aryl methyl sites for hydroxylation is 1. The molecule has 2 aromatic rings. The van der Waals surface area contributed by atoms with Crippen LogP contribution in [0.3, 0.4) is 0 Å². The fourth-order valence-corrected chi connectivity index (χ4v) is 1.71. The second-order valence-electron chi connectivity index (χ2n) is 3.30. The fourth-order valence-electron chi connectivity index (χ4n) is 1.53. The van der Waals surface area contributed by atoms with E-state index in [0.717, 1.165) is 0 Å². The lowest BCUT2D eigenvalue weighted by Crippen LogP contribution is -2.10. The van der Waals surface area contributed by atoms with Crippen LogP contribution in [0, 0.1) is 12.7 Å². The lowest BCUT2D eigenvalue weighted by molar-refractivity contribution is 0.401. The predicted octanol–water partition coefficient (Wildman–Crippen LogP) is 2.03. The highest BCUT2D eigenvalue weighted by atomic mass is 35.5. The Morgan fingerprint density at radius 3 is 2.88 bits per heavy atom. The van der Waals surface area contributed by atoms with E-state index in [9.17, 15) is 9.18 Å². The van der Waals surface area contributed by atoms with Crippen LogP contribution < -0.4 is 10.3 Å². The van der Waals surface area contributed by atoms with Crippen LogP contribution in [0.25, 0.3) is 10.8 Å². The molecular formula is C10H8ClFN2O2. The minimum atomic E-state index is -0.716. The number of H-pyrrole nitrogens is 1. The molecule has 0 aliphatic heterocycles. The van der Waals surface area contributed by atoms with Gasteiger partial charge >= 0.3 is 0 Å². The SMILES string of the molecule is COc1nc(Cl)c(F)c2cc(C)[nH]c(=O)c12. The van der Waals surface area contributed by atoms with Gasteiger partial charge in [-0.3, -0.25) is 4.79 Å². The van der Waals surface area contributed by atoms with Crippen molar-refractivity contribution in [2.24, 2.45) is 0 Å². The normalized spacial score (nSPS) is 10.8. The van der Waals surface area contributed by atoms with Crippen molar-refractivity contribution >= 4 is 22.4 Å². The Labute approximate surface area is 95.0 Å². The molecular weight excluding hydrogens is 235 g/mol. The molecule has 0 bridgehead atoms. The summed E-state index contributed by atoms with van der Waals surface area (Å²) >= 11 is 5.60. The van der Waals surface area contributed by atoms with Crippen molar-refractivity contribution in [1.82, 2.24) is 9.97 Å². The van der Waals surface area contributed by atoms with Crippen molar-refractivity contribution in [3.63, 3.8) is 0 Å². The molecule has 0 aliphatic rings. The Morgan fingerprint density at radius 2 is 2.25 bits per heavy atom. The number of hydrogen-bond donors (Lipinski definition) is 1. The molecule has 0 amide bonds. The molecule has 4 nitrogen and oxygen atoms in total. The smallest absolute Gasteiger partial charge is 0.261 e. The third-order valence-electron chi connectivity index (χ3n) is 2.19. The van der Waals surface area contributed by atoms with Gasteiger partial charge in [-0.1, -0.05) is 11.6 Å². The zero-order valence-electron chi connectivity index (χ0n) is 8.60. The molecule has 2 heterocycles. The molecule has 0 aliphatic carbocycles. The molecule has 16 heavy (non-hydrogen) atoms. The van der Waals surface area contributed by atoms with Gasteiger partial charge in [0.2, 0.25) is 5.88 Å². The third kappa shape index (κ3) is 1.53. The number of hydrogen-bond acceptors (Lipinski definition) is 3. The van der Waals surface area contributed by atoms with Gasteiger partial charge in [0.05, 0.1) is 7.11 Å². The van der Waals surface area contributed by atoms with Crippen molar-refractivity contribution in [3.8, 4) is 5.88 Å². The van der Waals surface area contributed by atoms with E-state index in [-0.39, 0.29) is 21.8 Å². The summed E-state index contributed by atoms with van der Waals surface area (Å²) in [4.78, 5) is 17.9. The Balaban J connectivity index is 3.05. The first-order valence-corrected chi connectivity index (χ1v) is 4.85. The number of nitrogens with zero attached hydrogens (tertiary/aromatic N) is 1. The van der Waals surface area contributed by atoms with E-state index in [1.807, 2.05) is 0 Å². The van der Waals surface area contributed by atoms with Gasteiger partial charge in [-0.2, -0.15) is 4.98 Å². The van der Waals surface area contributed by atoms with Gasteiger partial charge in [0.15, 0.2) is 11.0 Å². The number of fused-ring (bicyclic) bond motifs is 1. The van der Waals surface area contributed by atoms with Crippen LogP contribution in [0.5, 0.6) is 5.88 Å². The molecule has 0 aromatic carbocycles. The molecule has 0 saturated heterocycles. The second-order valence-corrected chi connectivity index (χ2v) is 3.65. The average molecular weight is 243 g/mol. The third-order valence-corrected chi connectivity index (χ3v) is 2.44. The highest BCUT2D eigenvalue weighted by molar-refractivity contribution is 6.30. The van der Waals surface area contributed by atoms with Gasteiger partial charge in [-0.15, -0.1) is 0 Å². The molecule has 2 aromatic heterocycles. The summed E-state index contributed by atoms with van der Waals surface area (Å²) < 4.78 is 18.6. The van der Waals surface area contributed by atoms with Gasteiger partial charge < -0.3 is 9.72 Å². The summed E-state index contributed by atoms with van der Waals surface area (Å²) in [6.07, 6.45) is 0. The van der Waals surface area contributed by atoms with E-state index in [1.165, 1.54) is 13.2 Å². The topological polar surface area (TPSA) is 55.0 Å². The summed E-state index contributed by atoms with van der Waals surface area (Å²) in [5, 5.41) is -0.137. The number of nitrogens with one attached hydrogen (secondary N) is 1. The van der Waals surface area contributed by atoms with Crippen molar-refractivity contribution in [2.75, 3.05) is 7.11 Å². The fraction of sp³-hybridized carbons (Fsp3) is 0.200. The Kier molecular flexibility index (Phi) is 2.55. The lowest BCUT2D eigenvalue weighted by atomic mass is 10.2. The largest absolute Gasteiger partial charge is 0.480 e. The Morgan fingerprint density at radius 1 is 1.56 bits per heavy atom. The van der Waals surface area contributed by atoms with Crippen LogP contribution in [0.1, 0.15) is 5.69 Å². The molecule has 0 spiro atoms. The molecule has 0 fully saturated rings. The summed E-state index contributed by atoms with van der Waals surface area (Å²) in [5.74, 6) is -0.700. The maximum Gasteiger partial charge on any atom is 0.261 e. The standard InChI is InChI=1S/C10H8ClFN2O2/c1-4-3-5-6(9(15)13-4)10(16-2)14-8(11)7(5)12/h3H,1-2H3,(H,13,15). The van der Waals surface area contributed by atoms with Crippen LogP contribution in [0.15, 0.2) is 10.9 Å². The summed E-state index contributed by atoms with van der Waals surface area (Å²) in [6.45, 7) is 1.65. The van der Waals surface area contributed by atoms with Crippen molar-refractivity contribution in [1.29, 1.82) is 0 Å². The van der Waals surface area contributed by atoms with E-state index >= 15 is 0 Å². The molecule has 0 atom stereocenters. The van der Waals surface area contributed by atoms with Gasteiger partial charge in [0.25, 0.3) is 5.56 Å². The number of methoxy groups -OCH3 is 1. The zero-order chi connectivity index (χ0) is 11.9. The van der Waals surface area contributed by atoms with Crippen LogP contribution >= 0.6 is 11.6 Å². The first kappa shape index (κ1) is 10.9. The minimum absolute atomic E-state index is 0.0163. The van der Waals surface area contributed by atoms with Gasteiger partial charge in [0, 0.05) is 11.1 Å². The lowest BCUT2D eigenvalue weighted by Gasteiger charge is -2.06. The van der Waals surface area contributed by atoms with E-state index < -0.39 is 11.4 Å². The minimum Gasteiger partial charge on any atom is -0.480 e. The van der Waals surface area contributed by atoms with Crippen molar-refractivity contribution in [3.05, 3.63) is 33.1 Å². The number of rotatable bonds is 1. The van der Waals surface area contributed by atoms with E-state index in [4.69, 9.17) is 16.3 Å². The zero-order valence-corrected chi connectivity index (χ0v) is 9.35. The van der Waals surface area contributed by atoms with E-state index in [1.54, 1.807) is 6.92 Å². The number of pyridine rings is 2. The Bertz CT molecular complexity index is 624. The molecule has 0 radical (unpaired) electrons. The first-order chi connectivity index (χ1) is 7.54. The molecule has 2 rings (SSSR count). The summed E-state index contributed by atoms with van der Waals surface area (Å²) in [5.41, 5.74) is 0.0932. The molecule has 84 valence electrons. The molecule has 6 heteroatoms. The van der Waals surface area contributed by atoms with Crippen LogP contribution in [0.2, 0.25) is 5.15 Å². The van der Waals surface area contributed by atoms with Gasteiger partial charge in [0.1, 0.15) is 5.39 Å². The van der Waals surface area contributed by atoms with Crippen LogP contribution in [0.4, 0.5) is 4.39 Å². The maximum absolute atomic E-state index is 13.7. The average Bonchev–Trinajstić information content (AvgIpc) is 2.23.